The highest BCUT2D eigenvalue weighted by atomic mass is 16.3. The molecule has 1 amide bonds. The van der Waals surface area contributed by atoms with Crippen molar-refractivity contribution in [3.63, 3.8) is 0 Å². The first-order valence-electron chi connectivity index (χ1n) is 8.37. The molecule has 2 aromatic heterocycles. The number of amides is 1. The number of pyridine rings is 1. The van der Waals surface area contributed by atoms with Gasteiger partial charge in [0.2, 0.25) is 0 Å². The Bertz CT molecular complexity index is 1130. The van der Waals surface area contributed by atoms with Crippen molar-refractivity contribution in [2.45, 2.75) is 0 Å². The van der Waals surface area contributed by atoms with Gasteiger partial charge in [-0.05, 0) is 36.4 Å². The van der Waals surface area contributed by atoms with Crippen LogP contribution >= 0.6 is 0 Å². The second-order valence-electron chi connectivity index (χ2n) is 5.91. The monoisotopic (exact) mass is 356 g/mol. The molecule has 0 unspecified atom stereocenters. The van der Waals surface area contributed by atoms with E-state index in [2.05, 4.69) is 20.5 Å². The summed E-state index contributed by atoms with van der Waals surface area (Å²) in [6, 6.07) is 19.6. The molecule has 0 bridgehead atoms. The second kappa shape index (κ2) is 7.13. The number of aromatic amines is 1. The third kappa shape index (κ3) is 3.41. The van der Waals surface area contributed by atoms with Gasteiger partial charge in [0, 0.05) is 17.1 Å². The summed E-state index contributed by atoms with van der Waals surface area (Å²) in [6.45, 7) is 0. The average molecular weight is 356 g/mol. The molecule has 4 rings (SSSR count). The lowest BCUT2D eigenvalue weighted by Gasteiger charge is -2.10. The number of nitrogens with zero attached hydrogens (tertiary/aromatic N) is 2. The van der Waals surface area contributed by atoms with Crippen LogP contribution < -0.4 is 5.43 Å². The Morgan fingerprint density at radius 3 is 2.70 bits per heavy atom. The molecule has 0 spiro atoms. The van der Waals surface area contributed by atoms with E-state index >= 15 is 0 Å². The number of hydrogen-bond donors (Lipinski definition) is 3. The number of benzene rings is 2. The van der Waals surface area contributed by atoms with Crippen LogP contribution in [0.5, 0.6) is 5.75 Å². The molecular formula is C21H16N4O2. The van der Waals surface area contributed by atoms with Crippen LogP contribution in [-0.2, 0) is 0 Å². The molecule has 0 aliphatic rings. The molecule has 0 saturated carbocycles. The molecule has 132 valence electrons. The Morgan fingerprint density at radius 2 is 1.89 bits per heavy atom. The number of hydrogen-bond acceptors (Lipinski definition) is 4. The van der Waals surface area contributed by atoms with Gasteiger partial charge in [-0.25, -0.2) is 10.4 Å². The van der Waals surface area contributed by atoms with Gasteiger partial charge in [0.05, 0.1) is 28.7 Å². The SMILES string of the molecule is O=C(NN=Cc1ccc[nH]1)c1cc(-c2ccccc2O)nc2ccccc12. The normalized spacial score (nSPS) is 11.1. The first kappa shape index (κ1) is 16.5. The number of fused-ring (bicyclic) bond motifs is 1. The van der Waals surface area contributed by atoms with Gasteiger partial charge < -0.3 is 10.1 Å². The molecule has 0 atom stereocenters. The molecule has 0 fully saturated rings. The van der Waals surface area contributed by atoms with Crippen LogP contribution in [-0.4, -0.2) is 27.2 Å². The average Bonchev–Trinajstić information content (AvgIpc) is 3.21. The number of hydrazone groups is 1. The zero-order valence-corrected chi connectivity index (χ0v) is 14.3. The predicted octanol–water partition coefficient (Wildman–Crippen LogP) is 3.70. The minimum Gasteiger partial charge on any atom is -0.507 e. The first-order chi connectivity index (χ1) is 13.2. The minimum absolute atomic E-state index is 0.108. The lowest BCUT2D eigenvalue weighted by Crippen LogP contribution is -2.18. The number of aromatic hydroxyl groups is 1. The molecule has 2 aromatic carbocycles. The van der Waals surface area contributed by atoms with Gasteiger partial charge in [-0.2, -0.15) is 5.10 Å². The van der Waals surface area contributed by atoms with Crippen molar-refractivity contribution >= 4 is 23.0 Å². The topological polar surface area (TPSA) is 90.4 Å². The molecule has 0 radical (unpaired) electrons. The highest BCUT2D eigenvalue weighted by Crippen LogP contribution is 2.30. The zero-order valence-electron chi connectivity index (χ0n) is 14.3. The number of para-hydroxylation sites is 2. The number of carbonyl (C=O) groups excluding carboxylic acids is 1. The lowest BCUT2D eigenvalue weighted by molar-refractivity contribution is 0.0956. The number of phenols is 1. The summed E-state index contributed by atoms with van der Waals surface area (Å²) in [7, 11) is 0. The van der Waals surface area contributed by atoms with Crippen molar-refractivity contribution in [2.24, 2.45) is 5.10 Å². The number of H-pyrrole nitrogens is 1. The first-order valence-corrected chi connectivity index (χ1v) is 8.37. The standard InChI is InChI=1S/C21H16N4O2/c26-20-10-4-2-8-16(20)19-12-17(15-7-1-3-9-18(15)24-19)21(27)25-23-13-14-6-5-11-22-14/h1-13,22,26H,(H,25,27). The maximum Gasteiger partial charge on any atom is 0.272 e. The van der Waals surface area contributed by atoms with Crippen LogP contribution in [0.15, 0.2) is 78.0 Å². The molecule has 0 aliphatic carbocycles. The highest BCUT2D eigenvalue weighted by Gasteiger charge is 2.15. The Kier molecular flexibility index (Phi) is 4.37. The molecule has 2 heterocycles. The Morgan fingerprint density at radius 1 is 1.07 bits per heavy atom. The van der Waals surface area contributed by atoms with Crippen LogP contribution in [0.2, 0.25) is 0 Å². The van der Waals surface area contributed by atoms with Crippen molar-refractivity contribution < 1.29 is 9.90 Å². The fraction of sp³-hybridized carbons (Fsp3) is 0. The van der Waals surface area contributed by atoms with Gasteiger partial charge in [0.1, 0.15) is 5.75 Å². The van der Waals surface area contributed by atoms with E-state index in [9.17, 15) is 9.90 Å². The van der Waals surface area contributed by atoms with E-state index < -0.39 is 0 Å². The van der Waals surface area contributed by atoms with Gasteiger partial charge in [-0.15, -0.1) is 0 Å². The third-order valence-corrected chi connectivity index (χ3v) is 4.13. The molecule has 6 nitrogen and oxygen atoms in total. The van der Waals surface area contributed by atoms with Gasteiger partial charge in [0.25, 0.3) is 5.91 Å². The maximum atomic E-state index is 12.7. The fourth-order valence-corrected chi connectivity index (χ4v) is 2.84. The quantitative estimate of drug-likeness (QED) is 0.385. The summed E-state index contributed by atoms with van der Waals surface area (Å²) in [5.74, 6) is -0.246. The predicted molar refractivity (Wildman–Crippen MR) is 105 cm³/mol. The Labute approximate surface area is 155 Å². The second-order valence-corrected chi connectivity index (χ2v) is 5.91. The van der Waals surface area contributed by atoms with Crippen molar-refractivity contribution in [3.05, 3.63) is 84.2 Å². The van der Waals surface area contributed by atoms with E-state index in [1.807, 2.05) is 42.5 Å². The fourth-order valence-electron chi connectivity index (χ4n) is 2.84. The van der Waals surface area contributed by atoms with Gasteiger partial charge in [-0.3, -0.25) is 4.79 Å². The number of phenolic OH excluding ortho intramolecular Hbond substituents is 1. The number of carbonyl (C=O) groups is 1. The van der Waals surface area contributed by atoms with Crippen LogP contribution in [0.1, 0.15) is 16.1 Å². The van der Waals surface area contributed by atoms with Crippen molar-refractivity contribution in [1.29, 1.82) is 0 Å². The summed E-state index contributed by atoms with van der Waals surface area (Å²) in [6.07, 6.45) is 3.31. The van der Waals surface area contributed by atoms with Crippen LogP contribution in [0, 0.1) is 0 Å². The van der Waals surface area contributed by atoms with Crippen molar-refractivity contribution in [3.8, 4) is 17.0 Å². The van der Waals surface area contributed by atoms with E-state index in [4.69, 9.17) is 0 Å². The maximum absolute atomic E-state index is 12.7. The lowest BCUT2D eigenvalue weighted by atomic mass is 10.0. The third-order valence-electron chi connectivity index (χ3n) is 4.13. The molecule has 27 heavy (non-hydrogen) atoms. The smallest absolute Gasteiger partial charge is 0.272 e. The number of nitrogens with one attached hydrogen (secondary N) is 2. The number of aromatic nitrogens is 2. The van der Waals surface area contributed by atoms with E-state index in [0.29, 0.717) is 27.7 Å². The molecule has 0 aliphatic heterocycles. The molecule has 3 N–H and O–H groups in total. The molecule has 4 aromatic rings. The van der Waals surface area contributed by atoms with Crippen molar-refractivity contribution in [1.82, 2.24) is 15.4 Å². The van der Waals surface area contributed by atoms with Gasteiger partial charge in [-0.1, -0.05) is 30.3 Å². The zero-order chi connectivity index (χ0) is 18.6. The van der Waals surface area contributed by atoms with Gasteiger partial charge in [0.15, 0.2) is 0 Å². The minimum atomic E-state index is -0.354. The molecule has 6 heteroatoms. The largest absolute Gasteiger partial charge is 0.507 e. The summed E-state index contributed by atoms with van der Waals surface area (Å²) in [5.41, 5.74) is 5.50. The summed E-state index contributed by atoms with van der Waals surface area (Å²) < 4.78 is 0. The molecular weight excluding hydrogens is 340 g/mol. The van der Waals surface area contributed by atoms with E-state index in [0.717, 1.165) is 5.69 Å². The van der Waals surface area contributed by atoms with Crippen LogP contribution in [0.4, 0.5) is 0 Å². The molecule has 0 saturated heterocycles. The van der Waals surface area contributed by atoms with E-state index in [1.54, 1.807) is 30.5 Å². The van der Waals surface area contributed by atoms with E-state index in [1.165, 1.54) is 6.21 Å². The Hall–Kier alpha value is -3.93. The summed E-state index contributed by atoms with van der Waals surface area (Å²) in [5, 5.41) is 14.8. The van der Waals surface area contributed by atoms with Gasteiger partial charge >= 0.3 is 0 Å². The van der Waals surface area contributed by atoms with Crippen LogP contribution in [0.3, 0.4) is 0 Å². The summed E-state index contributed by atoms with van der Waals surface area (Å²) in [4.78, 5) is 20.3. The van der Waals surface area contributed by atoms with Crippen LogP contribution in [0.25, 0.3) is 22.2 Å². The van der Waals surface area contributed by atoms with Crippen molar-refractivity contribution in [2.75, 3.05) is 0 Å². The number of rotatable bonds is 4. The summed E-state index contributed by atoms with van der Waals surface area (Å²) >= 11 is 0. The van der Waals surface area contributed by atoms with E-state index in [-0.39, 0.29) is 11.7 Å². The highest BCUT2D eigenvalue weighted by molar-refractivity contribution is 6.07. The Balaban J connectivity index is 1.74.